The molecule has 1 atom stereocenters. The Kier molecular flexibility index (Phi) is 6.49. The van der Waals surface area contributed by atoms with E-state index >= 15 is 0 Å². The van der Waals surface area contributed by atoms with E-state index in [0.29, 0.717) is 0 Å². The Hall–Kier alpha value is -2.17. The number of rotatable bonds is 5. The summed E-state index contributed by atoms with van der Waals surface area (Å²) in [6.07, 6.45) is -1.85. The number of ether oxygens (including phenoxy) is 1. The number of nitriles is 1. The lowest BCUT2D eigenvalue weighted by atomic mass is 10.0. The van der Waals surface area contributed by atoms with Crippen LogP contribution in [0.4, 0.5) is 14.9 Å². The molecule has 0 fully saturated rings. The number of benzene rings is 1. The topological polar surface area (TPSA) is 94.4 Å². The summed E-state index contributed by atoms with van der Waals surface area (Å²) < 4.78 is 18.8. The molecule has 1 aromatic carbocycles. The van der Waals surface area contributed by atoms with E-state index in [9.17, 15) is 19.6 Å². The number of β-amino-alcohol motifs (C(OH)–C–C–N with tert-alkyl or cyclic N) is 1. The predicted octanol–water partition coefficient (Wildman–Crippen LogP) is 2.69. The number of anilines is 1. The van der Waals surface area contributed by atoms with Crippen LogP contribution in [-0.4, -0.2) is 29.9 Å². The molecular weight excluding hydrogens is 301 g/mol. The van der Waals surface area contributed by atoms with Gasteiger partial charge in [0.05, 0.1) is 30.0 Å². The third kappa shape index (κ3) is 5.85. The van der Waals surface area contributed by atoms with Crippen LogP contribution >= 0.6 is 0 Å². The molecule has 0 saturated carbocycles. The van der Waals surface area contributed by atoms with Crippen molar-refractivity contribution in [2.75, 3.05) is 18.5 Å². The second-order valence-corrected chi connectivity index (χ2v) is 6.02. The number of aliphatic hydroxyl groups is 1. The van der Waals surface area contributed by atoms with Gasteiger partial charge in [-0.05, 0) is 39.8 Å². The molecule has 0 spiro atoms. The number of amides is 1. The quantitative estimate of drug-likeness (QED) is 0.774. The van der Waals surface area contributed by atoms with Crippen molar-refractivity contribution in [2.24, 2.45) is 0 Å². The number of carbonyl (C=O) groups excluding carboxylic acids is 1. The molecule has 0 aliphatic rings. The summed E-state index contributed by atoms with van der Waals surface area (Å²) in [6, 6.07) is 4.13. The average Bonchev–Trinajstić information content (AvgIpc) is 2.46. The van der Waals surface area contributed by atoms with Gasteiger partial charge in [-0.2, -0.15) is 5.26 Å². The Morgan fingerprint density at radius 3 is 2.65 bits per heavy atom. The molecule has 23 heavy (non-hydrogen) atoms. The Morgan fingerprint density at radius 2 is 2.13 bits per heavy atom. The van der Waals surface area contributed by atoms with Gasteiger partial charge in [-0.25, -0.2) is 9.18 Å². The zero-order chi connectivity index (χ0) is 17.6. The van der Waals surface area contributed by atoms with Crippen molar-refractivity contribution in [2.45, 2.75) is 39.3 Å². The summed E-state index contributed by atoms with van der Waals surface area (Å²) in [4.78, 5) is 11.4. The zero-order valence-electron chi connectivity index (χ0n) is 13.7. The fourth-order valence-corrected chi connectivity index (χ4v) is 1.85. The molecule has 0 aliphatic heterocycles. The first-order valence-electron chi connectivity index (χ1n) is 7.28. The molecule has 0 bridgehead atoms. The van der Waals surface area contributed by atoms with Crippen LogP contribution in [0.3, 0.4) is 0 Å². The first-order valence-corrected chi connectivity index (χ1v) is 7.28. The van der Waals surface area contributed by atoms with E-state index in [4.69, 9.17) is 0 Å². The summed E-state index contributed by atoms with van der Waals surface area (Å²) in [7, 11) is 0. The second kappa shape index (κ2) is 7.90. The number of nitrogens with zero attached hydrogens (tertiary/aromatic N) is 1. The SMILES string of the molecule is CCOC(=O)Nc1cc(C#N)c([C@H](O)CNC(C)(C)C)cc1F. The highest BCUT2D eigenvalue weighted by atomic mass is 19.1. The molecule has 1 rings (SSSR count). The van der Waals surface area contributed by atoms with Crippen molar-refractivity contribution in [3.8, 4) is 6.07 Å². The first-order chi connectivity index (χ1) is 10.7. The van der Waals surface area contributed by atoms with Gasteiger partial charge >= 0.3 is 6.09 Å². The molecule has 126 valence electrons. The Morgan fingerprint density at radius 1 is 1.48 bits per heavy atom. The van der Waals surface area contributed by atoms with Crippen LogP contribution in [0.5, 0.6) is 0 Å². The minimum absolute atomic E-state index is 0.0846. The molecular formula is C16H22FN3O3. The number of aliphatic hydroxyl groups excluding tert-OH is 1. The van der Waals surface area contributed by atoms with Crippen molar-refractivity contribution in [3.05, 3.63) is 29.1 Å². The van der Waals surface area contributed by atoms with Crippen LogP contribution in [0.1, 0.15) is 44.9 Å². The van der Waals surface area contributed by atoms with E-state index in [-0.39, 0.29) is 35.5 Å². The molecule has 0 unspecified atom stereocenters. The fraction of sp³-hybridized carbons (Fsp3) is 0.500. The summed E-state index contributed by atoms with van der Waals surface area (Å²) >= 11 is 0. The van der Waals surface area contributed by atoms with Gasteiger partial charge in [0, 0.05) is 17.6 Å². The van der Waals surface area contributed by atoms with Crippen LogP contribution in [0, 0.1) is 17.1 Å². The third-order valence-electron chi connectivity index (χ3n) is 2.96. The minimum atomic E-state index is -1.05. The molecule has 0 heterocycles. The van der Waals surface area contributed by atoms with Crippen LogP contribution in [0.2, 0.25) is 0 Å². The van der Waals surface area contributed by atoms with Crippen LogP contribution in [0.25, 0.3) is 0 Å². The van der Waals surface area contributed by atoms with E-state index in [1.807, 2.05) is 26.8 Å². The molecule has 7 heteroatoms. The van der Waals surface area contributed by atoms with Gasteiger partial charge < -0.3 is 15.2 Å². The summed E-state index contributed by atoms with van der Waals surface area (Å²) in [6.45, 7) is 7.72. The highest BCUT2D eigenvalue weighted by molar-refractivity contribution is 5.85. The van der Waals surface area contributed by atoms with Crippen molar-refractivity contribution < 1.29 is 19.0 Å². The van der Waals surface area contributed by atoms with E-state index in [1.165, 1.54) is 6.07 Å². The van der Waals surface area contributed by atoms with Gasteiger partial charge in [0.1, 0.15) is 5.82 Å². The standard InChI is InChI=1S/C16H22FN3O3/c1-5-23-15(22)20-13-6-10(8-18)11(7-12(13)17)14(21)9-19-16(2,3)4/h6-7,14,19,21H,5,9H2,1-4H3,(H,20,22)/t14-/m1/s1. The number of hydrogen-bond acceptors (Lipinski definition) is 5. The van der Waals surface area contributed by atoms with Crippen molar-refractivity contribution in [1.82, 2.24) is 5.32 Å². The largest absolute Gasteiger partial charge is 0.450 e. The lowest BCUT2D eigenvalue weighted by Crippen LogP contribution is -2.38. The smallest absolute Gasteiger partial charge is 0.411 e. The Bertz CT molecular complexity index is 606. The molecule has 0 radical (unpaired) electrons. The molecule has 1 amide bonds. The summed E-state index contributed by atoms with van der Waals surface area (Å²) in [5.41, 5.74) is -0.144. The molecule has 0 aliphatic carbocycles. The van der Waals surface area contributed by atoms with Gasteiger partial charge in [-0.1, -0.05) is 0 Å². The average molecular weight is 323 g/mol. The number of nitrogens with one attached hydrogen (secondary N) is 2. The maximum absolute atomic E-state index is 14.1. The van der Waals surface area contributed by atoms with E-state index < -0.39 is 18.0 Å². The third-order valence-corrected chi connectivity index (χ3v) is 2.96. The van der Waals surface area contributed by atoms with Gasteiger partial charge in [-0.3, -0.25) is 5.32 Å². The van der Waals surface area contributed by atoms with E-state index in [2.05, 4.69) is 15.4 Å². The maximum Gasteiger partial charge on any atom is 0.411 e. The lowest BCUT2D eigenvalue weighted by Gasteiger charge is -2.23. The zero-order valence-corrected chi connectivity index (χ0v) is 13.7. The minimum Gasteiger partial charge on any atom is -0.450 e. The number of hydrogen-bond donors (Lipinski definition) is 3. The monoisotopic (exact) mass is 323 g/mol. The van der Waals surface area contributed by atoms with Crippen molar-refractivity contribution in [1.29, 1.82) is 5.26 Å². The lowest BCUT2D eigenvalue weighted by molar-refractivity contribution is 0.162. The van der Waals surface area contributed by atoms with Crippen LogP contribution < -0.4 is 10.6 Å². The van der Waals surface area contributed by atoms with Crippen LogP contribution in [0.15, 0.2) is 12.1 Å². The molecule has 0 aromatic heterocycles. The van der Waals surface area contributed by atoms with Gasteiger partial charge in [-0.15, -0.1) is 0 Å². The van der Waals surface area contributed by atoms with E-state index in [1.54, 1.807) is 6.92 Å². The van der Waals surface area contributed by atoms with Gasteiger partial charge in [0.25, 0.3) is 0 Å². The normalized spacial score (nSPS) is 12.4. The van der Waals surface area contributed by atoms with Crippen molar-refractivity contribution in [3.63, 3.8) is 0 Å². The molecule has 0 saturated heterocycles. The summed E-state index contributed by atoms with van der Waals surface area (Å²) in [5, 5.41) is 24.7. The highest BCUT2D eigenvalue weighted by Gasteiger charge is 2.19. The predicted molar refractivity (Wildman–Crippen MR) is 84.5 cm³/mol. The molecule has 6 nitrogen and oxygen atoms in total. The van der Waals surface area contributed by atoms with E-state index in [0.717, 1.165) is 6.07 Å². The maximum atomic E-state index is 14.1. The van der Waals surface area contributed by atoms with Gasteiger partial charge in [0.15, 0.2) is 0 Å². The Labute approximate surface area is 135 Å². The van der Waals surface area contributed by atoms with Crippen molar-refractivity contribution >= 4 is 11.8 Å². The first kappa shape index (κ1) is 18.9. The van der Waals surface area contributed by atoms with Gasteiger partial charge in [0.2, 0.25) is 0 Å². The van der Waals surface area contributed by atoms with Crippen LogP contribution in [-0.2, 0) is 4.74 Å². The highest BCUT2D eigenvalue weighted by Crippen LogP contribution is 2.25. The second-order valence-electron chi connectivity index (χ2n) is 6.02. The fourth-order valence-electron chi connectivity index (χ4n) is 1.85. The molecule has 1 aromatic rings. The summed E-state index contributed by atoms with van der Waals surface area (Å²) in [5.74, 6) is -0.748. The Balaban J connectivity index is 3.00. The number of halogens is 1. The molecule has 3 N–H and O–H groups in total. The number of carbonyl (C=O) groups is 1.